The van der Waals surface area contributed by atoms with Crippen molar-refractivity contribution in [2.75, 3.05) is 0 Å². The Morgan fingerprint density at radius 1 is 0.815 bits per heavy atom. The molecular weight excluding hydrogens is 383 g/mol. The van der Waals surface area contributed by atoms with Gasteiger partial charge in [0.25, 0.3) is 0 Å². The Hall–Kier alpha value is 0.246. The fraction of sp³-hybridized carbons (Fsp3) is 0.545. The van der Waals surface area contributed by atoms with Crippen LogP contribution in [0.25, 0.3) is 10.8 Å². The second kappa shape index (κ2) is 13.5. The maximum Gasteiger partial charge on any atom is 1.00 e. The molecule has 27 heavy (non-hydrogen) atoms. The van der Waals surface area contributed by atoms with Gasteiger partial charge in [0.2, 0.25) is 0 Å². The van der Waals surface area contributed by atoms with E-state index >= 15 is 0 Å². The van der Waals surface area contributed by atoms with Crippen LogP contribution in [0.3, 0.4) is 0 Å². The van der Waals surface area contributed by atoms with E-state index in [9.17, 15) is 13.0 Å². The van der Waals surface area contributed by atoms with E-state index in [1.54, 1.807) is 6.07 Å². The number of hydrogen-bond acceptors (Lipinski definition) is 3. The maximum atomic E-state index is 11.4. The predicted molar refractivity (Wildman–Crippen MR) is 107 cm³/mol. The second-order valence-electron chi connectivity index (χ2n) is 7.20. The minimum Gasteiger partial charge on any atom is -0.744 e. The minimum absolute atomic E-state index is 0. The summed E-state index contributed by atoms with van der Waals surface area (Å²) in [4.78, 5) is -0.111. The number of benzene rings is 2. The van der Waals surface area contributed by atoms with Crippen molar-refractivity contribution in [2.45, 2.75) is 82.4 Å². The Kier molecular flexibility index (Phi) is 12.6. The third-order valence-corrected chi connectivity index (χ3v) is 5.89. The molecule has 0 saturated carbocycles. The molecule has 0 amide bonds. The molecule has 0 radical (unpaired) electrons. The van der Waals surface area contributed by atoms with Gasteiger partial charge >= 0.3 is 51.4 Å². The summed E-state index contributed by atoms with van der Waals surface area (Å²) in [5.74, 6) is 0. The van der Waals surface area contributed by atoms with Crippen LogP contribution in [0.2, 0.25) is 0 Å². The molecule has 144 valence electrons. The molecule has 2 aromatic carbocycles. The Balaban J connectivity index is 0.00000364. The van der Waals surface area contributed by atoms with Gasteiger partial charge < -0.3 is 4.55 Å². The maximum absolute atomic E-state index is 11.4. The van der Waals surface area contributed by atoms with Gasteiger partial charge in [-0.3, -0.25) is 0 Å². The van der Waals surface area contributed by atoms with E-state index in [4.69, 9.17) is 0 Å². The Labute approximate surface area is 207 Å². The third kappa shape index (κ3) is 9.07. The fourth-order valence-electron chi connectivity index (χ4n) is 3.48. The first-order valence-corrected chi connectivity index (χ1v) is 11.4. The topological polar surface area (TPSA) is 57.2 Å². The van der Waals surface area contributed by atoms with Crippen molar-refractivity contribution < 1.29 is 64.4 Å². The van der Waals surface area contributed by atoms with Gasteiger partial charge in [-0.1, -0.05) is 89.0 Å². The van der Waals surface area contributed by atoms with Crippen molar-refractivity contribution >= 4 is 20.9 Å². The zero-order valence-electron chi connectivity index (χ0n) is 16.9. The number of fused-ring (bicyclic) bond motifs is 1. The van der Waals surface area contributed by atoms with Crippen molar-refractivity contribution in [1.29, 1.82) is 0 Å². The Morgan fingerprint density at radius 3 is 2.00 bits per heavy atom. The largest absolute Gasteiger partial charge is 1.00 e. The van der Waals surface area contributed by atoms with E-state index in [-0.39, 0.29) is 56.3 Å². The minimum atomic E-state index is -4.44. The van der Waals surface area contributed by atoms with Crippen LogP contribution in [0, 0.1) is 0 Å². The summed E-state index contributed by atoms with van der Waals surface area (Å²) in [7, 11) is -4.44. The molecule has 0 bridgehead atoms. The molecule has 2 rings (SSSR count). The van der Waals surface area contributed by atoms with Crippen LogP contribution in [0.4, 0.5) is 0 Å². The van der Waals surface area contributed by atoms with Gasteiger partial charge in [0, 0.05) is 0 Å². The van der Waals surface area contributed by atoms with Crippen LogP contribution in [-0.2, 0) is 16.5 Å². The quantitative estimate of drug-likeness (QED) is 0.304. The summed E-state index contributed by atoms with van der Waals surface area (Å²) < 4.78 is 34.3. The molecule has 0 unspecified atom stereocenters. The van der Waals surface area contributed by atoms with E-state index in [1.807, 2.05) is 24.3 Å². The smallest absolute Gasteiger partial charge is 0.744 e. The average Bonchev–Trinajstić information content (AvgIpc) is 2.62. The summed E-state index contributed by atoms with van der Waals surface area (Å²) in [6.07, 6.45) is 13.9. The van der Waals surface area contributed by atoms with Crippen molar-refractivity contribution in [3.8, 4) is 0 Å². The van der Waals surface area contributed by atoms with Gasteiger partial charge in [0.05, 0.1) is 4.90 Å². The fourth-order valence-corrected chi connectivity index (χ4v) is 4.17. The summed E-state index contributed by atoms with van der Waals surface area (Å²) in [6, 6.07) is 10.7. The summed E-state index contributed by atoms with van der Waals surface area (Å²) in [5, 5.41) is 1.35. The second-order valence-corrected chi connectivity index (χ2v) is 8.55. The molecule has 0 atom stereocenters. The number of rotatable bonds is 12. The van der Waals surface area contributed by atoms with E-state index in [2.05, 4.69) is 6.92 Å². The molecule has 5 heteroatoms. The first-order valence-electron chi connectivity index (χ1n) is 10.00. The molecule has 0 spiro atoms. The van der Waals surface area contributed by atoms with Gasteiger partial charge in [0.1, 0.15) is 10.1 Å². The normalized spacial score (nSPS) is 11.5. The number of unbranched alkanes of at least 4 members (excludes halogenated alkanes) is 9. The molecule has 2 aromatic rings. The first-order chi connectivity index (χ1) is 12.5. The molecule has 0 aromatic heterocycles. The van der Waals surface area contributed by atoms with Gasteiger partial charge in [-0.2, -0.15) is 0 Å². The predicted octanol–water partition coefficient (Wildman–Crippen LogP) is 3.21. The summed E-state index contributed by atoms with van der Waals surface area (Å²) in [6.45, 7) is 2.25. The summed E-state index contributed by atoms with van der Waals surface area (Å²) in [5.41, 5.74) is 1.10. The van der Waals surface area contributed by atoms with Crippen LogP contribution in [0.15, 0.2) is 41.3 Å². The van der Waals surface area contributed by atoms with E-state index in [0.29, 0.717) is 5.39 Å². The van der Waals surface area contributed by atoms with Crippen LogP contribution < -0.4 is 51.4 Å². The number of hydrogen-bond donors (Lipinski definition) is 0. The van der Waals surface area contributed by atoms with Crippen LogP contribution in [0.1, 0.15) is 76.7 Å². The van der Waals surface area contributed by atoms with Gasteiger partial charge in [-0.15, -0.1) is 0 Å². The molecule has 0 aliphatic heterocycles. The summed E-state index contributed by atoms with van der Waals surface area (Å²) >= 11 is 0. The molecular formula is C22H31KO3S. The van der Waals surface area contributed by atoms with Crippen molar-refractivity contribution in [1.82, 2.24) is 0 Å². The zero-order chi connectivity index (χ0) is 18.8. The van der Waals surface area contributed by atoms with Crippen molar-refractivity contribution in [3.05, 3.63) is 42.0 Å². The van der Waals surface area contributed by atoms with Crippen molar-refractivity contribution in [2.24, 2.45) is 0 Å². The molecule has 0 aliphatic carbocycles. The molecule has 0 heterocycles. The van der Waals surface area contributed by atoms with Gasteiger partial charge in [-0.05, 0) is 41.3 Å². The van der Waals surface area contributed by atoms with Crippen LogP contribution in [0.5, 0.6) is 0 Å². The molecule has 3 nitrogen and oxygen atoms in total. The molecule has 0 saturated heterocycles. The molecule has 0 aliphatic rings. The van der Waals surface area contributed by atoms with Crippen molar-refractivity contribution in [3.63, 3.8) is 0 Å². The first kappa shape index (κ1) is 25.3. The Bertz CT molecular complexity index is 787. The van der Waals surface area contributed by atoms with E-state index < -0.39 is 10.1 Å². The average molecular weight is 415 g/mol. The van der Waals surface area contributed by atoms with E-state index in [0.717, 1.165) is 23.8 Å². The zero-order valence-corrected chi connectivity index (χ0v) is 20.8. The molecule has 0 N–H and O–H groups in total. The van der Waals surface area contributed by atoms with Crippen LogP contribution in [-0.4, -0.2) is 13.0 Å². The standard InChI is InChI=1S/C22H32O3S.K/c1-2-3-4-5-6-7-8-9-10-11-13-19-16-17-20-14-12-15-22(21(20)18-19)26(23,24)25;/h12,14-18H,2-11,13H2,1H3,(H,23,24,25);/q;+1/p-1. The van der Waals surface area contributed by atoms with E-state index in [1.165, 1.54) is 63.9 Å². The van der Waals surface area contributed by atoms with Gasteiger partial charge in [-0.25, -0.2) is 8.42 Å². The van der Waals surface area contributed by atoms with Gasteiger partial charge in [0.15, 0.2) is 0 Å². The van der Waals surface area contributed by atoms with Crippen LogP contribution >= 0.6 is 0 Å². The third-order valence-electron chi connectivity index (χ3n) is 4.99. The number of aryl methyl sites for hydroxylation is 1. The Morgan fingerprint density at radius 2 is 1.41 bits per heavy atom. The molecule has 0 fully saturated rings. The monoisotopic (exact) mass is 414 g/mol. The SMILES string of the molecule is CCCCCCCCCCCCc1ccc2cccc(S(=O)(=O)[O-])c2c1.[K+].